The Morgan fingerprint density at radius 3 is 2.61 bits per heavy atom. The van der Waals surface area contributed by atoms with Crippen molar-refractivity contribution in [2.45, 2.75) is 19.0 Å². The number of oxime groups is 1. The predicted octanol–water partition coefficient (Wildman–Crippen LogP) is -5.20. The van der Waals surface area contributed by atoms with Crippen LogP contribution in [-0.4, -0.2) is 71.6 Å². The van der Waals surface area contributed by atoms with Gasteiger partial charge in [0.25, 0.3) is 11.8 Å². The largest absolute Gasteiger partial charge is 1.00 e. The van der Waals surface area contributed by atoms with Crippen molar-refractivity contribution in [1.29, 1.82) is 0 Å². The first-order valence-corrected chi connectivity index (χ1v) is 9.36. The zero-order valence-electron chi connectivity index (χ0n) is 14.9. The van der Waals surface area contributed by atoms with E-state index >= 15 is 0 Å². The molecule has 1 aliphatic heterocycles. The maximum atomic E-state index is 12.4. The van der Waals surface area contributed by atoms with Crippen LogP contribution in [-0.2, 0) is 34.3 Å². The molecule has 2 rings (SSSR count). The van der Waals surface area contributed by atoms with Gasteiger partial charge in [-0.2, -0.15) is 0 Å². The fourth-order valence-corrected chi connectivity index (χ4v) is 3.62. The Labute approximate surface area is 185 Å². The number of ether oxygens (including phenoxy) is 1. The van der Waals surface area contributed by atoms with Gasteiger partial charge in [-0.25, -0.2) is 17.7 Å². The maximum Gasteiger partial charge on any atom is 1.00 e. The summed E-state index contributed by atoms with van der Waals surface area (Å²) in [6.45, 7) is 0.452. The summed E-state index contributed by atoms with van der Waals surface area (Å²) in [6, 6.07) is -2.82. The molecule has 16 heteroatoms. The normalized spacial score (nSPS) is 19.3. The Kier molecular flexibility index (Phi) is 8.33. The summed E-state index contributed by atoms with van der Waals surface area (Å²) in [5, 5.41) is 7.30. The van der Waals surface area contributed by atoms with E-state index < -0.39 is 46.8 Å². The number of rotatable bonds is 7. The standard InChI is InChI=1S/C12H15N5O8S2.Na/c1-5(18)25-3-7-9(11(20)17(7)27(21,22)23)15-10(19)8(16-24-2)6-4-26-12(13)14-6;/h4,7,9H,3H2,1-2H3,(H2,13,14)(H,15,19)(H,21,22,23);/q;+1/p-1/b16-8-;/t7-,9-;/m1./s1. The Morgan fingerprint density at radius 2 is 2.14 bits per heavy atom. The minimum atomic E-state index is -5.15. The molecule has 3 N–H and O–H groups in total. The first-order valence-electron chi connectivity index (χ1n) is 7.12. The molecule has 0 unspecified atom stereocenters. The summed E-state index contributed by atoms with van der Waals surface area (Å²) in [5.74, 6) is -2.87. The molecule has 2 amide bonds. The summed E-state index contributed by atoms with van der Waals surface area (Å²) in [4.78, 5) is 43.8. The topological polar surface area (TPSA) is 193 Å². The van der Waals surface area contributed by atoms with Gasteiger partial charge in [-0.1, -0.05) is 5.16 Å². The van der Waals surface area contributed by atoms with E-state index in [9.17, 15) is 27.4 Å². The van der Waals surface area contributed by atoms with Crippen molar-refractivity contribution in [3.8, 4) is 0 Å². The number of β-lactam (4-membered cyclic amide) rings is 1. The quantitative estimate of drug-likeness (QED) is 0.103. The van der Waals surface area contributed by atoms with Crippen LogP contribution in [0.25, 0.3) is 0 Å². The molecule has 28 heavy (non-hydrogen) atoms. The van der Waals surface area contributed by atoms with Crippen LogP contribution in [0, 0.1) is 0 Å². The number of hydrogen-bond acceptors (Lipinski definition) is 12. The van der Waals surface area contributed by atoms with E-state index in [4.69, 9.17) is 5.73 Å². The number of esters is 1. The number of nitrogens with zero attached hydrogens (tertiary/aromatic N) is 3. The van der Waals surface area contributed by atoms with E-state index in [1.54, 1.807) is 0 Å². The van der Waals surface area contributed by atoms with Crippen molar-refractivity contribution in [3.63, 3.8) is 0 Å². The molecular formula is C12H14N5NaO8S2. The summed E-state index contributed by atoms with van der Waals surface area (Å²) >= 11 is 1.03. The van der Waals surface area contributed by atoms with E-state index in [0.717, 1.165) is 18.3 Å². The van der Waals surface area contributed by atoms with Crippen LogP contribution < -0.4 is 40.6 Å². The monoisotopic (exact) mass is 443 g/mol. The van der Waals surface area contributed by atoms with Gasteiger partial charge in [0.1, 0.15) is 31.5 Å². The second-order valence-corrected chi connectivity index (χ2v) is 7.24. The predicted molar refractivity (Wildman–Crippen MR) is 89.0 cm³/mol. The van der Waals surface area contributed by atoms with Crippen LogP contribution in [0.1, 0.15) is 12.6 Å². The second-order valence-electron chi connectivity index (χ2n) is 5.11. The van der Waals surface area contributed by atoms with Crippen molar-refractivity contribution >= 4 is 50.3 Å². The number of nitrogen functional groups attached to an aromatic ring is 1. The minimum absolute atomic E-state index is 0. The van der Waals surface area contributed by atoms with Gasteiger partial charge in [-0.15, -0.1) is 11.3 Å². The van der Waals surface area contributed by atoms with E-state index in [1.165, 1.54) is 12.5 Å². The third-order valence-corrected chi connectivity index (χ3v) is 4.92. The Balaban J connectivity index is 0.00000392. The summed E-state index contributed by atoms with van der Waals surface area (Å²) in [6.07, 6.45) is 0. The molecule has 0 aromatic carbocycles. The number of aromatic nitrogens is 1. The molecular weight excluding hydrogens is 429 g/mol. The molecule has 2 heterocycles. The molecule has 1 aromatic rings. The van der Waals surface area contributed by atoms with Crippen LogP contribution in [0.5, 0.6) is 0 Å². The number of carbonyl (C=O) groups excluding carboxylic acids is 3. The van der Waals surface area contributed by atoms with Crippen LogP contribution in [0.4, 0.5) is 5.13 Å². The van der Waals surface area contributed by atoms with Crippen LogP contribution >= 0.6 is 11.3 Å². The number of nitrogens with two attached hydrogens (primary N) is 1. The fourth-order valence-electron chi connectivity index (χ4n) is 2.22. The van der Waals surface area contributed by atoms with Crippen molar-refractivity contribution < 1.29 is 66.5 Å². The number of hydrogen-bond donors (Lipinski definition) is 2. The zero-order valence-corrected chi connectivity index (χ0v) is 18.6. The summed E-state index contributed by atoms with van der Waals surface area (Å²) < 4.78 is 38.3. The maximum absolute atomic E-state index is 12.4. The molecule has 1 aromatic heterocycles. The number of amides is 2. The third kappa shape index (κ3) is 5.39. The van der Waals surface area contributed by atoms with Gasteiger partial charge in [0, 0.05) is 12.3 Å². The van der Waals surface area contributed by atoms with Crippen molar-refractivity contribution in [3.05, 3.63) is 11.1 Å². The smallest absolute Gasteiger partial charge is 0.731 e. The van der Waals surface area contributed by atoms with Crippen molar-refractivity contribution in [2.75, 3.05) is 19.5 Å². The van der Waals surface area contributed by atoms with Crippen molar-refractivity contribution in [1.82, 2.24) is 14.6 Å². The molecule has 2 atom stereocenters. The van der Waals surface area contributed by atoms with Crippen LogP contribution in [0.3, 0.4) is 0 Å². The number of thiazole rings is 1. The van der Waals surface area contributed by atoms with Gasteiger partial charge in [0.2, 0.25) is 0 Å². The third-order valence-electron chi connectivity index (χ3n) is 3.32. The van der Waals surface area contributed by atoms with E-state index in [-0.39, 0.29) is 50.4 Å². The van der Waals surface area contributed by atoms with E-state index in [2.05, 4.69) is 25.0 Å². The summed E-state index contributed by atoms with van der Waals surface area (Å²) in [5.41, 5.74) is 5.24. The second kappa shape index (κ2) is 9.62. The Hall–Kier alpha value is -1.78. The average Bonchev–Trinajstić information content (AvgIpc) is 2.98. The molecule has 13 nitrogen and oxygen atoms in total. The molecule has 0 spiro atoms. The van der Waals surface area contributed by atoms with Crippen molar-refractivity contribution in [2.24, 2.45) is 5.16 Å². The molecule has 0 aliphatic carbocycles. The van der Waals surface area contributed by atoms with Gasteiger partial charge < -0.3 is 25.2 Å². The zero-order chi connectivity index (χ0) is 20.4. The summed E-state index contributed by atoms with van der Waals surface area (Å²) in [7, 11) is -3.98. The molecule has 148 valence electrons. The van der Waals surface area contributed by atoms with Gasteiger partial charge in [0.15, 0.2) is 21.1 Å². The SMILES string of the molecule is CO/N=C(\C(=O)N[C@H]1C(=O)N(S(=O)(=O)[O-])[C@@H]1COC(C)=O)c1csc(N)n1.[Na+]. The number of carbonyl (C=O) groups is 3. The molecule has 0 saturated carbocycles. The number of nitrogens with one attached hydrogen (secondary N) is 1. The molecule has 1 saturated heterocycles. The Bertz CT molecular complexity index is 902. The van der Waals surface area contributed by atoms with E-state index in [0.29, 0.717) is 0 Å². The van der Waals surface area contributed by atoms with Crippen LogP contribution in [0.15, 0.2) is 10.5 Å². The first kappa shape index (κ1) is 24.3. The van der Waals surface area contributed by atoms with Gasteiger partial charge in [0.05, 0.1) is 0 Å². The molecule has 0 radical (unpaired) electrons. The fraction of sp³-hybridized carbons (Fsp3) is 0.417. The molecule has 1 fully saturated rings. The van der Waals surface area contributed by atoms with E-state index in [1.807, 2.05) is 0 Å². The molecule has 0 bridgehead atoms. The van der Waals surface area contributed by atoms with Gasteiger partial charge in [-0.3, -0.25) is 14.4 Å². The first-order chi connectivity index (χ1) is 12.6. The Morgan fingerprint density at radius 1 is 1.50 bits per heavy atom. The minimum Gasteiger partial charge on any atom is -0.731 e. The van der Waals surface area contributed by atoms with Crippen LogP contribution in [0.2, 0.25) is 0 Å². The number of anilines is 1. The molecule has 1 aliphatic rings. The average molecular weight is 443 g/mol. The van der Waals surface area contributed by atoms with Gasteiger partial charge in [-0.05, 0) is 0 Å². The van der Waals surface area contributed by atoms with Gasteiger partial charge >= 0.3 is 35.5 Å².